The van der Waals surface area contributed by atoms with Crippen LogP contribution in [0.25, 0.3) is 0 Å². The highest BCUT2D eigenvalue weighted by Crippen LogP contribution is 2.24. The van der Waals surface area contributed by atoms with Crippen molar-refractivity contribution in [1.82, 2.24) is 10.2 Å². The van der Waals surface area contributed by atoms with Crippen molar-refractivity contribution in [2.24, 2.45) is 0 Å². The first-order chi connectivity index (χ1) is 7.08. The summed E-state index contributed by atoms with van der Waals surface area (Å²) >= 11 is 0. The van der Waals surface area contributed by atoms with Crippen LogP contribution in [0.1, 0.15) is 17.3 Å². The molecule has 1 amide bonds. The lowest BCUT2D eigenvalue weighted by Gasteiger charge is -2.20. The van der Waals surface area contributed by atoms with Crippen LogP contribution in [0.3, 0.4) is 0 Å². The molecule has 1 fully saturated rings. The van der Waals surface area contributed by atoms with E-state index >= 15 is 0 Å². The topological polar surface area (TPSA) is 32.3 Å². The van der Waals surface area contributed by atoms with Gasteiger partial charge >= 0.3 is 0 Å². The highest BCUT2D eigenvalue weighted by Gasteiger charge is 2.28. The molecule has 2 rings (SSSR count). The Bertz CT molecular complexity index is 406. The van der Waals surface area contributed by atoms with E-state index in [2.05, 4.69) is 5.32 Å². The fraction of sp³-hybridized carbons (Fsp3) is 0.364. The number of aryl methyl sites for hydroxylation is 1. The first kappa shape index (κ1) is 10.1. The van der Waals surface area contributed by atoms with E-state index < -0.39 is 0 Å². The van der Waals surface area contributed by atoms with Crippen LogP contribution in [-0.2, 0) is 4.79 Å². The summed E-state index contributed by atoms with van der Waals surface area (Å²) in [6, 6.07) is 4.63. The van der Waals surface area contributed by atoms with Gasteiger partial charge in [-0.1, -0.05) is 6.07 Å². The predicted octanol–water partition coefficient (Wildman–Crippen LogP) is 1.19. The number of hydrogen-bond donors (Lipinski definition) is 1. The maximum absolute atomic E-state index is 13.1. The van der Waals surface area contributed by atoms with Crippen LogP contribution in [0.2, 0.25) is 0 Å². The number of likely N-dealkylation sites (N-methyl/N-ethyl adjacent to an activating group) is 1. The molecule has 0 saturated carbocycles. The van der Waals surface area contributed by atoms with Gasteiger partial charge in [0.15, 0.2) is 0 Å². The number of nitrogens with one attached hydrogen (secondary N) is 1. The Balaban J connectivity index is 2.36. The lowest BCUT2D eigenvalue weighted by molar-refractivity contribution is -0.118. The van der Waals surface area contributed by atoms with Crippen molar-refractivity contribution in [3.63, 3.8) is 0 Å². The third kappa shape index (κ3) is 1.85. The zero-order chi connectivity index (χ0) is 11.0. The maximum atomic E-state index is 13.1. The molecule has 0 bridgehead atoms. The molecule has 1 heterocycles. The van der Waals surface area contributed by atoms with Crippen molar-refractivity contribution >= 4 is 5.91 Å². The third-order valence-corrected chi connectivity index (χ3v) is 2.67. The summed E-state index contributed by atoms with van der Waals surface area (Å²) in [7, 11) is 1.84. The average molecular weight is 208 g/mol. The number of carbonyl (C=O) groups is 1. The molecule has 15 heavy (non-hydrogen) atoms. The standard InChI is InChI=1S/C11H13FN2O/c1-7-3-4-8(12)5-9(7)11-13-10(15)6-14(11)2/h3-5,11H,6H2,1-2H3,(H,13,15)/t11-/m0/s1. The maximum Gasteiger partial charge on any atom is 0.235 e. The highest BCUT2D eigenvalue weighted by atomic mass is 19.1. The molecule has 1 saturated heterocycles. The van der Waals surface area contributed by atoms with Gasteiger partial charge < -0.3 is 5.32 Å². The molecule has 0 unspecified atom stereocenters. The predicted molar refractivity (Wildman–Crippen MR) is 54.7 cm³/mol. The molecule has 1 aliphatic rings. The van der Waals surface area contributed by atoms with Crippen molar-refractivity contribution in [2.45, 2.75) is 13.1 Å². The van der Waals surface area contributed by atoms with E-state index in [1.165, 1.54) is 12.1 Å². The van der Waals surface area contributed by atoms with E-state index in [0.717, 1.165) is 11.1 Å². The minimum atomic E-state index is -0.273. The second-order valence-corrected chi connectivity index (χ2v) is 3.89. The summed E-state index contributed by atoms with van der Waals surface area (Å²) in [5.41, 5.74) is 1.80. The average Bonchev–Trinajstić information content (AvgIpc) is 2.50. The highest BCUT2D eigenvalue weighted by molar-refractivity contribution is 5.80. The molecule has 0 radical (unpaired) electrons. The van der Waals surface area contributed by atoms with Crippen LogP contribution in [-0.4, -0.2) is 24.4 Å². The molecule has 4 heteroatoms. The molecule has 1 aliphatic heterocycles. The van der Waals surface area contributed by atoms with E-state index in [9.17, 15) is 9.18 Å². The fourth-order valence-electron chi connectivity index (χ4n) is 1.85. The molecule has 1 aromatic carbocycles. The molecule has 1 atom stereocenters. The molecule has 1 N–H and O–H groups in total. The van der Waals surface area contributed by atoms with Crippen molar-refractivity contribution in [1.29, 1.82) is 0 Å². The molecular formula is C11H13FN2O. The Morgan fingerprint density at radius 3 is 2.87 bits per heavy atom. The van der Waals surface area contributed by atoms with Gasteiger partial charge in [-0.25, -0.2) is 4.39 Å². The summed E-state index contributed by atoms with van der Waals surface area (Å²) in [5.74, 6) is -0.295. The third-order valence-electron chi connectivity index (χ3n) is 2.67. The smallest absolute Gasteiger partial charge is 0.235 e. The van der Waals surface area contributed by atoms with Gasteiger partial charge in [-0.2, -0.15) is 0 Å². The zero-order valence-corrected chi connectivity index (χ0v) is 8.75. The monoisotopic (exact) mass is 208 g/mol. The Labute approximate surface area is 87.9 Å². The summed E-state index contributed by atoms with van der Waals surface area (Å²) in [6.07, 6.45) is -0.201. The van der Waals surface area contributed by atoms with E-state index in [0.29, 0.717) is 6.54 Å². The molecule has 0 aliphatic carbocycles. The molecular weight excluding hydrogens is 195 g/mol. The Morgan fingerprint density at radius 1 is 1.53 bits per heavy atom. The minimum absolute atomic E-state index is 0.0221. The Hall–Kier alpha value is -1.42. The largest absolute Gasteiger partial charge is 0.335 e. The van der Waals surface area contributed by atoms with Crippen molar-refractivity contribution in [2.75, 3.05) is 13.6 Å². The number of hydrogen-bond acceptors (Lipinski definition) is 2. The van der Waals surface area contributed by atoms with Gasteiger partial charge in [0.05, 0.1) is 6.54 Å². The van der Waals surface area contributed by atoms with E-state index in [1.807, 2.05) is 18.9 Å². The van der Waals surface area contributed by atoms with Crippen LogP contribution in [0.4, 0.5) is 4.39 Å². The van der Waals surface area contributed by atoms with Crippen LogP contribution in [0.5, 0.6) is 0 Å². The van der Waals surface area contributed by atoms with Crippen LogP contribution in [0, 0.1) is 12.7 Å². The number of carbonyl (C=O) groups excluding carboxylic acids is 1. The van der Waals surface area contributed by atoms with Gasteiger partial charge in [0.1, 0.15) is 12.0 Å². The van der Waals surface area contributed by atoms with E-state index in [4.69, 9.17) is 0 Å². The lowest BCUT2D eigenvalue weighted by atomic mass is 10.1. The second-order valence-electron chi connectivity index (χ2n) is 3.89. The van der Waals surface area contributed by atoms with Crippen molar-refractivity contribution in [3.8, 4) is 0 Å². The van der Waals surface area contributed by atoms with Gasteiger partial charge in [0, 0.05) is 0 Å². The van der Waals surface area contributed by atoms with Crippen molar-refractivity contribution < 1.29 is 9.18 Å². The van der Waals surface area contributed by atoms with Gasteiger partial charge in [0.2, 0.25) is 5.91 Å². The zero-order valence-electron chi connectivity index (χ0n) is 8.75. The van der Waals surface area contributed by atoms with E-state index in [1.54, 1.807) is 6.07 Å². The van der Waals surface area contributed by atoms with Crippen LogP contribution >= 0.6 is 0 Å². The fourth-order valence-corrected chi connectivity index (χ4v) is 1.85. The summed E-state index contributed by atoms with van der Waals surface area (Å²) < 4.78 is 13.1. The Morgan fingerprint density at radius 2 is 2.27 bits per heavy atom. The summed E-state index contributed by atoms with van der Waals surface area (Å²) in [5, 5.41) is 2.81. The first-order valence-electron chi connectivity index (χ1n) is 4.83. The number of amides is 1. The number of rotatable bonds is 1. The van der Waals surface area contributed by atoms with Gasteiger partial charge in [-0.3, -0.25) is 9.69 Å². The normalized spacial score (nSPS) is 21.8. The van der Waals surface area contributed by atoms with E-state index in [-0.39, 0.29) is 17.9 Å². The SMILES string of the molecule is Cc1ccc(F)cc1[C@H]1NC(=O)CN1C. The molecule has 0 spiro atoms. The van der Waals surface area contributed by atoms with Gasteiger partial charge in [-0.15, -0.1) is 0 Å². The summed E-state index contributed by atoms with van der Waals surface area (Å²) in [4.78, 5) is 13.1. The second kappa shape index (κ2) is 3.62. The lowest BCUT2D eigenvalue weighted by Crippen LogP contribution is -2.25. The minimum Gasteiger partial charge on any atom is -0.335 e. The molecule has 1 aromatic rings. The van der Waals surface area contributed by atoms with Crippen LogP contribution in [0.15, 0.2) is 18.2 Å². The van der Waals surface area contributed by atoms with Gasteiger partial charge in [-0.05, 0) is 37.2 Å². The quantitative estimate of drug-likeness (QED) is 0.752. The molecule has 0 aromatic heterocycles. The van der Waals surface area contributed by atoms with Gasteiger partial charge in [0.25, 0.3) is 0 Å². The van der Waals surface area contributed by atoms with Crippen molar-refractivity contribution in [3.05, 3.63) is 35.1 Å². The Kier molecular flexibility index (Phi) is 2.44. The first-order valence-corrected chi connectivity index (χ1v) is 4.83. The molecule has 3 nitrogen and oxygen atoms in total. The number of nitrogens with zero attached hydrogens (tertiary/aromatic N) is 1. The number of halogens is 1. The van der Waals surface area contributed by atoms with Crippen LogP contribution < -0.4 is 5.32 Å². The number of benzene rings is 1. The summed E-state index contributed by atoms with van der Waals surface area (Å²) in [6.45, 7) is 2.27. The molecule has 80 valence electrons.